The number of fused-ring (bicyclic) bond motifs is 2. The number of H-pyrrole nitrogens is 1. The molecule has 4 heterocycles. The number of hydrogen-bond acceptors (Lipinski definition) is 4. The average Bonchev–Trinajstić information content (AvgIpc) is 3.31. The molecule has 0 saturated carbocycles. The van der Waals surface area contributed by atoms with E-state index in [9.17, 15) is 9.59 Å². The molecule has 0 unspecified atom stereocenters. The number of pyridine rings is 1. The van der Waals surface area contributed by atoms with Crippen molar-refractivity contribution < 1.29 is 9.59 Å². The molecule has 0 radical (unpaired) electrons. The van der Waals surface area contributed by atoms with Crippen molar-refractivity contribution in [1.29, 1.82) is 0 Å². The first-order valence-corrected chi connectivity index (χ1v) is 9.97. The molecule has 0 bridgehead atoms. The van der Waals surface area contributed by atoms with Crippen LogP contribution in [0.15, 0.2) is 36.5 Å². The zero-order valence-corrected chi connectivity index (χ0v) is 16.3. The summed E-state index contributed by atoms with van der Waals surface area (Å²) in [4.78, 5) is 34.4. The lowest BCUT2D eigenvalue weighted by Gasteiger charge is -2.27. The maximum absolute atomic E-state index is 12.6. The van der Waals surface area contributed by atoms with Gasteiger partial charge in [-0.1, -0.05) is 6.07 Å². The second-order valence-corrected chi connectivity index (χ2v) is 7.92. The fourth-order valence-corrected chi connectivity index (χ4v) is 4.21. The van der Waals surface area contributed by atoms with Crippen LogP contribution in [-0.2, 0) is 11.3 Å². The summed E-state index contributed by atoms with van der Waals surface area (Å²) < 4.78 is 0. The smallest absolute Gasteiger partial charge is 0.251 e. The molecule has 3 N–H and O–H groups in total. The molecule has 1 fully saturated rings. The summed E-state index contributed by atoms with van der Waals surface area (Å²) >= 11 is 0. The highest BCUT2D eigenvalue weighted by molar-refractivity contribution is 6.00. The van der Waals surface area contributed by atoms with Crippen LogP contribution in [0, 0.1) is 5.92 Å². The average molecular weight is 389 g/mol. The molecule has 2 amide bonds. The minimum atomic E-state index is -0.0165. The first-order chi connectivity index (χ1) is 14.1. The molecule has 2 aliphatic heterocycles. The largest absolute Gasteiger partial charge is 0.348 e. The van der Waals surface area contributed by atoms with E-state index in [-0.39, 0.29) is 17.7 Å². The Morgan fingerprint density at radius 1 is 1.17 bits per heavy atom. The number of rotatable bonds is 3. The van der Waals surface area contributed by atoms with Crippen molar-refractivity contribution in [2.75, 3.05) is 25.5 Å². The van der Waals surface area contributed by atoms with Crippen molar-refractivity contribution in [1.82, 2.24) is 20.2 Å². The maximum Gasteiger partial charge on any atom is 0.251 e. The number of piperidine rings is 1. The SMILES string of the molecule is CN1CCC(C(=O)Nc2ccc3c(-c4ccc5c(c4)CNC5=O)c[nH]c3n2)CC1. The number of nitrogens with zero attached hydrogens (tertiary/aromatic N) is 2. The summed E-state index contributed by atoms with van der Waals surface area (Å²) in [6, 6.07) is 9.71. The fraction of sp³-hybridized carbons (Fsp3) is 0.318. The van der Waals surface area contributed by atoms with E-state index in [0.29, 0.717) is 12.4 Å². The number of benzene rings is 1. The van der Waals surface area contributed by atoms with Gasteiger partial charge in [-0.05, 0) is 68.4 Å². The second-order valence-electron chi connectivity index (χ2n) is 7.92. The Morgan fingerprint density at radius 2 is 2.00 bits per heavy atom. The van der Waals surface area contributed by atoms with Crippen molar-refractivity contribution >= 4 is 28.7 Å². The Balaban J connectivity index is 1.38. The Hall–Kier alpha value is -3.19. The van der Waals surface area contributed by atoms with Crippen molar-refractivity contribution in [2.45, 2.75) is 19.4 Å². The summed E-state index contributed by atoms with van der Waals surface area (Å²) in [6.45, 7) is 2.47. The Bertz CT molecular complexity index is 1110. The van der Waals surface area contributed by atoms with E-state index in [1.165, 1.54) is 0 Å². The van der Waals surface area contributed by atoms with E-state index in [1.807, 2.05) is 36.5 Å². The number of anilines is 1. The van der Waals surface area contributed by atoms with Crippen molar-refractivity contribution in [3.05, 3.63) is 47.7 Å². The summed E-state index contributed by atoms with van der Waals surface area (Å²) in [6.07, 6.45) is 3.69. The number of aromatic amines is 1. The van der Waals surface area contributed by atoms with E-state index in [2.05, 4.69) is 32.5 Å². The van der Waals surface area contributed by atoms with Gasteiger partial charge in [0, 0.05) is 35.2 Å². The summed E-state index contributed by atoms with van der Waals surface area (Å²) in [7, 11) is 2.09. The molecule has 0 spiro atoms. The van der Waals surface area contributed by atoms with Gasteiger partial charge in [-0.15, -0.1) is 0 Å². The number of likely N-dealkylation sites (tertiary alicyclic amines) is 1. The fourth-order valence-electron chi connectivity index (χ4n) is 4.21. The number of carbonyl (C=O) groups excluding carboxylic acids is 2. The quantitative estimate of drug-likeness (QED) is 0.643. The Kier molecular flexibility index (Phi) is 4.32. The second kappa shape index (κ2) is 7.00. The van der Waals surface area contributed by atoms with Gasteiger partial charge in [0.2, 0.25) is 5.91 Å². The van der Waals surface area contributed by atoms with Crippen LogP contribution >= 0.6 is 0 Å². The molecule has 148 valence electrons. The van der Waals surface area contributed by atoms with Crippen LogP contribution < -0.4 is 10.6 Å². The van der Waals surface area contributed by atoms with Crippen molar-refractivity contribution in [3.8, 4) is 11.1 Å². The zero-order chi connectivity index (χ0) is 20.0. The molecule has 1 saturated heterocycles. The zero-order valence-electron chi connectivity index (χ0n) is 16.3. The van der Waals surface area contributed by atoms with Gasteiger partial charge in [0.1, 0.15) is 11.5 Å². The molecule has 0 atom stereocenters. The standard InChI is InChI=1S/C22H23N5O2/c1-27-8-6-13(7-9-27)21(28)26-19-5-4-17-18(12-23-20(17)25-19)14-2-3-16-15(10-14)11-24-22(16)29/h2-5,10,12-13H,6-9,11H2,1H3,(H,24,29)(H2,23,25,26,28). The van der Waals surface area contributed by atoms with Gasteiger partial charge in [-0.3, -0.25) is 9.59 Å². The van der Waals surface area contributed by atoms with Gasteiger partial charge in [-0.2, -0.15) is 0 Å². The highest BCUT2D eigenvalue weighted by Gasteiger charge is 2.24. The Labute approximate surface area is 168 Å². The van der Waals surface area contributed by atoms with Crippen LogP contribution in [0.1, 0.15) is 28.8 Å². The molecule has 3 aromatic rings. The normalized spacial score (nSPS) is 17.3. The number of aromatic nitrogens is 2. The van der Waals surface area contributed by atoms with E-state index < -0.39 is 0 Å². The first kappa shape index (κ1) is 17.9. The van der Waals surface area contributed by atoms with Crippen molar-refractivity contribution in [3.63, 3.8) is 0 Å². The van der Waals surface area contributed by atoms with Gasteiger partial charge in [0.25, 0.3) is 5.91 Å². The van der Waals surface area contributed by atoms with E-state index in [4.69, 9.17) is 0 Å². The van der Waals surface area contributed by atoms with Gasteiger partial charge >= 0.3 is 0 Å². The number of hydrogen-bond donors (Lipinski definition) is 3. The summed E-state index contributed by atoms with van der Waals surface area (Å²) in [5.74, 6) is 0.647. The molecular weight excluding hydrogens is 366 g/mol. The van der Waals surface area contributed by atoms with Gasteiger partial charge in [0.05, 0.1) is 0 Å². The van der Waals surface area contributed by atoms with Crippen molar-refractivity contribution in [2.24, 2.45) is 5.92 Å². The molecule has 2 aromatic heterocycles. The third kappa shape index (κ3) is 3.27. The number of carbonyl (C=O) groups is 2. The number of amides is 2. The lowest BCUT2D eigenvalue weighted by molar-refractivity contribution is -0.121. The van der Waals surface area contributed by atoms with Gasteiger partial charge in [-0.25, -0.2) is 4.98 Å². The lowest BCUT2D eigenvalue weighted by atomic mass is 9.96. The highest BCUT2D eigenvalue weighted by atomic mass is 16.2. The Morgan fingerprint density at radius 3 is 2.83 bits per heavy atom. The van der Waals surface area contributed by atoms with E-state index in [1.54, 1.807) is 0 Å². The lowest BCUT2D eigenvalue weighted by Crippen LogP contribution is -2.36. The van der Waals surface area contributed by atoms with Crippen LogP contribution in [0.3, 0.4) is 0 Å². The summed E-state index contributed by atoms with van der Waals surface area (Å²) in [5, 5.41) is 6.81. The van der Waals surface area contributed by atoms with Gasteiger partial charge in [0.15, 0.2) is 0 Å². The monoisotopic (exact) mass is 389 g/mol. The van der Waals surface area contributed by atoms with Crippen LogP contribution in [0.2, 0.25) is 0 Å². The predicted octanol–water partition coefficient (Wildman–Crippen LogP) is 2.75. The molecule has 7 heteroatoms. The van der Waals surface area contributed by atoms with E-state index >= 15 is 0 Å². The third-order valence-electron chi connectivity index (χ3n) is 5.98. The molecule has 5 rings (SSSR count). The third-order valence-corrected chi connectivity index (χ3v) is 5.98. The van der Waals surface area contributed by atoms with Crippen LogP contribution in [0.25, 0.3) is 22.2 Å². The molecule has 7 nitrogen and oxygen atoms in total. The minimum absolute atomic E-state index is 0.0165. The molecule has 1 aromatic carbocycles. The molecule has 29 heavy (non-hydrogen) atoms. The number of nitrogens with one attached hydrogen (secondary N) is 3. The maximum atomic E-state index is 12.6. The first-order valence-electron chi connectivity index (χ1n) is 9.97. The topological polar surface area (TPSA) is 90.1 Å². The minimum Gasteiger partial charge on any atom is -0.348 e. The predicted molar refractivity (Wildman–Crippen MR) is 112 cm³/mol. The molecule has 0 aliphatic carbocycles. The highest BCUT2D eigenvalue weighted by Crippen LogP contribution is 2.31. The molecular formula is C22H23N5O2. The summed E-state index contributed by atoms with van der Waals surface area (Å²) in [5.41, 5.74) is 4.55. The van der Waals surface area contributed by atoms with Crippen LogP contribution in [0.4, 0.5) is 5.82 Å². The van der Waals surface area contributed by atoms with Crippen LogP contribution in [0.5, 0.6) is 0 Å². The van der Waals surface area contributed by atoms with Gasteiger partial charge < -0.3 is 20.5 Å². The molecule has 2 aliphatic rings. The van der Waals surface area contributed by atoms with E-state index in [0.717, 1.165) is 59.2 Å². The van der Waals surface area contributed by atoms with Crippen LogP contribution in [-0.4, -0.2) is 46.8 Å².